The zero-order valence-electron chi connectivity index (χ0n) is 14.9. The van der Waals surface area contributed by atoms with Crippen LogP contribution in [-0.4, -0.2) is 36.8 Å². The topological polar surface area (TPSA) is 94.1 Å². The number of carboxylic acid groups (broad SMARTS) is 1. The molecule has 0 aliphatic heterocycles. The average Bonchev–Trinajstić information content (AvgIpc) is 2.65. The number of benzene rings is 2. The van der Waals surface area contributed by atoms with Gasteiger partial charge in [-0.25, -0.2) is 4.79 Å². The van der Waals surface area contributed by atoms with Crippen LogP contribution in [0.25, 0.3) is 0 Å². The van der Waals surface area contributed by atoms with Gasteiger partial charge in [0.1, 0.15) is 17.6 Å². The van der Waals surface area contributed by atoms with Gasteiger partial charge in [-0.2, -0.15) is 0 Å². The normalized spacial score (nSPS) is 11.5. The summed E-state index contributed by atoms with van der Waals surface area (Å²) in [6.45, 7) is 1.40. The molecule has 1 amide bonds. The van der Waals surface area contributed by atoms with Crippen LogP contribution < -0.4 is 14.8 Å². The SMILES string of the molecule is COc1cccc(COC(C)C(=O)Nc2ccc(OCC(=O)O)c(Cl)c2)c1. The van der Waals surface area contributed by atoms with Crippen LogP contribution in [0.5, 0.6) is 11.5 Å². The molecule has 0 spiro atoms. The summed E-state index contributed by atoms with van der Waals surface area (Å²) in [7, 11) is 1.58. The van der Waals surface area contributed by atoms with Gasteiger partial charge in [0.15, 0.2) is 6.61 Å². The highest BCUT2D eigenvalue weighted by molar-refractivity contribution is 6.32. The van der Waals surface area contributed by atoms with E-state index >= 15 is 0 Å². The third kappa shape index (κ3) is 6.47. The summed E-state index contributed by atoms with van der Waals surface area (Å²) < 4.78 is 15.8. The second-order valence-electron chi connectivity index (χ2n) is 5.62. The van der Waals surface area contributed by atoms with E-state index in [2.05, 4.69) is 5.32 Å². The van der Waals surface area contributed by atoms with Crippen molar-refractivity contribution in [1.29, 1.82) is 0 Å². The van der Waals surface area contributed by atoms with Crippen molar-refractivity contribution in [1.82, 2.24) is 0 Å². The summed E-state index contributed by atoms with van der Waals surface area (Å²) in [4.78, 5) is 22.8. The van der Waals surface area contributed by atoms with E-state index in [1.54, 1.807) is 20.1 Å². The van der Waals surface area contributed by atoms with Gasteiger partial charge in [0.2, 0.25) is 0 Å². The van der Waals surface area contributed by atoms with Gasteiger partial charge in [0.05, 0.1) is 18.7 Å². The van der Waals surface area contributed by atoms with Crippen LogP contribution in [0.2, 0.25) is 5.02 Å². The Morgan fingerprint density at radius 1 is 1.22 bits per heavy atom. The summed E-state index contributed by atoms with van der Waals surface area (Å²) in [6, 6.07) is 11.9. The summed E-state index contributed by atoms with van der Waals surface area (Å²) in [5.41, 5.74) is 1.33. The Morgan fingerprint density at radius 3 is 2.67 bits per heavy atom. The molecule has 0 bridgehead atoms. The number of carbonyl (C=O) groups excluding carboxylic acids is 1. The standard InChI is InChI=1S/C19H20ClNO6/c1-12(26-10-13-4-3-5-15(8-13)25-2)19(24)21-14-6-7-17(16(20)9-14)27-11-18(22)23/h3-9,12H,10-11H2,1-2H3,(H,21,24)(H,22,23). The number of ether oxygens (including phenoxy) is 3. The lowest BCUT2D eigenvalue weighted by Crippen LogP contribution is -2.27. The van der Waals surface area contributed by atoms with Gasteiger partial charge < -0.3 is 24.6 Å². The van der Waals surface area contributed by atoms with E-state index in [1.165, 1.54) is 12.1 Å². The number of nitrogens with one attached hydrogen (secondary N) is 1. The summed E-state index contributed by atoms with van der Waals surface area (Å²) >= 11 is 6.03. The Bertz CT molecular complexity index is 811. The molecule has 1 atom stereocenters. The van der Waals surface area contributed by atoms with Gasteiger partial charge in [0, 0.05) is 5.69 Å². The number of methoxy groups -OCH3 is 1. The van der Waals surface area contributed by atoms with E-state index in [1.807, 2.05) is 24.3 Å². The molecule has 0 fully saturated rings. The maximum Gasteiger partial charge on any atom is 0.341 e. The number of rotatable bonds is 9. The van der Waals surface area contributed by atoms with E-state index in [0.717, 1.165) is 5.56 Å². The number of halogens is 1. The first-order valence-corrected chi connectivity index (χ1v) is 8.46. The van der Waals surface area contributed by atoms with E-state index in [-0.39, 0.29) is 23.3 Å². The Hall–Kier alpha value is -2.77. The Morgan fingerprint density at radius 2 is 2.00 bits per heavy atom. The van der Waals surface area contributed by atoms with E-state index < -0.39 is 18.7 Å². The van der Waals surface area contributed by atoms with Crippen molar-refractivity contribution >= 4 is 29.2 Å². The first kappa shape index (κ1) is 20.5. The first-order chi connectivity index (χ1) is 12.9. The van der Waals surface area contributed by atoms with Crippen LogP contribution >= 0.6 is 11.6 Å². The molecule has 2 N–H and O–H groups in total. The van der Waals surface area contributed by atoms with Crippen LogP contribution in [0, 0.1) is 0 Å². The number of hydrogen-bond donors (Lipinski definition) is 2. The van der Waals surface area contributed by atoms with Crippen LogP contribution in [0.3, 0.4) is 0 Å². The van der Waals surface area contributed by atoms with E-state index in [4.69, 9.17) is 30.9 Å². The van der Waals surface area contributed by atoms with Crippen molar-refractivity contribution in [2.75, 3.05) is 19.0 Å². The second-order valence-corrected chi connectivity index (χ2v) is 6.03. The maximum absolute atomic E-state index is 12.3. The molecule has 7 nitrogen and oxygen atoms in total. The zero-order chi connectivity index (χ0) is 19.8. The van der Waals surface area contributed by atoms with Crippen molar-refractivity contribution in [3.8, 4) is 11.5 Å². The number of carbonyl (C=O) groups is 2. The number of aliphatic carboxylic acids is 1. The fourth-order valence-corrected chi connectivity index (χ4v) is 2.37. The lowest BCUT2D eigenvalue weighted by Gasteiger charge is -2.14. The quantitative estimate of drug-likeness (QED) is 0.678. The molecular formula is C19H20ClNO6. The van der Waals surface area contributed by atoms with E-state index in [0.29, 0.717) is 11.4 Å². The molecular weight excluding hydrogens is 374 g/mol. The molecule has 8 heteroatoms. The Balaban J connectivity index is 1.89. The molecule has 0 aromatic heterocycles. The molecule has 0 heterocycles. The van der Waals surface area contributed by atoms with Gasteiger partial charge in [-0.05, 0) is 42.8 Å². The monoisotopic (exact) mass is 393 g/mol. The van der Waals surface area contributed by atoms with E-state index in [9.17, 15) is 9.59 Å². The smallest absolute Gasteiger partial charge is 0.341 e. The highest BCUT2D eigenvalue weighted by Gasteiger charge is 2.15. The molecule has 0 aliphatic carbocycles. The Labute approximate surface area is 161 Å². The number of amides is 1. The highest BCUT2D eigenvalue weighted by Crippen LogP contribution is 2.27. The lowest BCUT2D eigenvalue weighted by atomic mass is 10.2. The van der Waals surface area contributed by atoms with Crippen molar-refractivity contribution in [2.45, 2.75) is 19.6 Å². The fourth-order valence-electron chi connectivity index (χ4n) is 2.14. The average molecular weight is 394 g/mol. The number of carboxylic acids is 1. The molecule has 2 aromatic carbocycles. The minimum Gasteiger partial charge on any atom is -0.497 e. The minimum atomic E-state index is -1.11. The third-order valence-electron chi connectivity index (χ3n) is 3.55. The summed E-state index contributed by atoms with van der Waals surface area (Å²) in [6.07, 6.45) is -0.696. The van der Waals surface area contributed by atoms with Crippen molar-refractivity contribution in [3.63, 3.8) is 0 Å². The van der Waals surface area contributed by atoms with Gasteiger partial charge in [0.25, 0.3) is 5.91 Å². The maximum atomic E-state index is 12.3. The largest absolute Gasteiger partial charge is 0.497 e. The van der Waals surface area contributed by atoms with Crippen LogP contribution in [0.4, 0.5) is 5.69 Å². The Kier molecular flexibility index (Phi) is 7.45. The third-order valence-corrected chi connectivity index (χ3v) is 3.85. The van der Waals surface area contributed by atoms with Gasteiger partial charge in [-0.1, -0.05) is 23.7 Å². The molecule has 0 saturated heterocycles. The fraction of sp³-hybridized carbons (Fsp3) is 0.263. The van der Waals surface area contributed by atoms with Crippen molar-refractivity contribution in [2.24, 2.45) is 0 Å². The molecule has 0 radical (unpaired) electrons. The van der Waals surface area contributed by atoms with Gasteiger partial charge >= 0.3 is 5.97 Å². The minimum absolute atomic E-state index is 0.194. The highest BCUT2D eigenvalue weighted by atomic mass is 35.5. The molecule has 0 aliphatic rings. The molecule has 2 rings (SSSR count). The molecule has 144 valence electrons. The second kappa shape index (κ2) is 9.80. The summed E-state index contributed by atoms with van der Waals surface area (Å²) in [5.74, 6) is -0.508. The molecule has 27 heavy (non-hydrogen) atoms. The molecule has 2 aromatic rings. The molecule has 0 saturated carbocycles. The van der Waals surface area contributed by atoms with Crippen LogP contribution in [0.15, 0.2) is 42.5 Å². The number of hydrogen-bond acceptors (Lipinski definition) is 5. The first-order valence-electron chi connectivity index (χ1n) is 8.08. The predicted molar refractivity (Wildman–Crippen MR) is 100 cm³/mol. The number of anilines is 1. The predicted octanol–water partition coefficient (Wildman–Crippen LogP) is 3.36. The van der Waals surface area contributed by atoms with Crippen molar-refractivity contribution < 1.29 is 28.9 Å². The van der Waals surface area contributed by atoms with Gasteiger partial charge in [-0.3, -0.25) is 4.79 Å². The zero-order valence-corrected chi connectivity index (χ0v) is 15.7. The lowest BCUT2D eigenvalue weighted by molar-refractivity contribution is -0.139. The summed E-state index contributed by atoms with van der Waals surface area (Å²) in [5, 5.41) is 11.5. The van der Waals surface area contributed by atoms with Gasteiger partial charge in [-0.15, -0.1) is 0 Å². The van der Waals surface area contributed by atoms with Crippen LogP contribution in [0.1, 0.15) is 12.5 Å². The molecule has 1 unspecified atom stereocenters. The van der Waals surface area contributed by atoms with Crippen molar-refractivity contribution in [3.05, 3.63) is 53.1 Å². The van der Waals surface area contributed by atoms with Crippen LogP contribution in [-0.2, 0) is 20.9 Å².